The second kappa shape index (κ2) is 10.2. The third-order valence-corrected chi connectivity index (χ3v) is 6.72. The summed E-state index contributed by atoms with van der Waals surface area (Å²) in [5.41, 5.74) is 0. The first-order valence-corrected chi connectivity index (χ1v) is 11.1. The van der Waals surface area contributed by atoms with Crippen LogP contribution in [0.3, 0.4) is 0 Å². The van der Waals surface area contributed by atoms with Crippen molar-refractivity contribution in [3.8, 4) is 0 Å². The third kappa shape index (κ3) is 5.25. The van der Waals surface area contributed by atoms with Gasteiger partial charge in [-0.25, -0.2) is 5.06 Å². The molecule has 0 aromatic carbocycles. The molecule has 2 saturated carbocycles. The Morgan fingerprint density at radius 3 is 2.18 bits per heavy atom. The maximum absolute atomic E-state index is 13.4. The first-order chi connectivity index (χ1) is 13.6. The summed E-state index contributed by atoms with van der Waals surface area (Å²) in [5.74, 6) is -0.000593. The minimum Gasteiger partial charge on any atom is -0.286 e. The molecule has 158 valence electrons. The summed E-state index contributed by atoms with van der Waals surface area (Å²) in [4.78, 5) is 37.5. The highest BCUT2D eigenvalue weighted by molar-refractivity contribution is 5.85. The van der Waals surface area contributed by atoms with Gasteiger partial charge in [0.25, 0.3) is 0 Å². The van der Waals surface area contributed by atoms with Crippen LogP contribution < -0.4 is 0 Å². The Hall–Kier alpha value is -1.63. The molecule has 0 bridgehead atoms. The third-order valence-electron chi connectivity index (χ3n) is 6.72. The normalized spacial score (nSPS) is 22.9. The molecular weight excluding hydrogens is 358 g/mol. The number of hydroxylamine groups is 2. The Morgan fingerprint density at radius 1 is 0.929 bits per heavy atom. The van der Waals surface area contributed by atoms with Crippen molar-refractivity contribution in [2.45, 2.75) is 77.0 Å². The van der Waals surface area contributed by atoms with Crippen molar-refractivity contribution < 1.29 is 19.6 Å². The largest absolute Gasteiger partial charge is 0.286 e. The van der Waals surface area contributed by atoms with Gasteiger partial charge in [-0.3, -0.25) is 29.6 Å². The van der Waals surface area contributed by atoms with Crippen molar-refractivity contribution in [1.82, 2.24) is 15.1 Å². The van der Waals surface area contributed by atoms with E-state index >= 15 is 0 Å². The minimum absolute atomic E-state index is 0.000786. The molecule has 0 spiro atoms. The highest BCUT2D eigenvalue weighted by Gasteiger charge is 2.37. The molecule has 7 heteroatoms. The van der Waals surface area contributed by atoms with E-state index in [1.807, 2.05) is 0 Å². The predicted molar refractivity (Wildman–Crippen MR) is 104 cm³/mol. The summed E-state index contributed by atoms with van der Waals surface area (Å²) in [6.07, 6.45) is 12.6. The van der Waals surface area contributed by atoms with Gasteiger partial charge in [0.15, 0.2) is 0 Å². The highest BCUT2D eigenvalue weighted by atomic mass is 16.5. The Labute approximate surface area is 168 Å². The zero-order valence-corrected chi connectivity index (χ0v) is 16.9. The summed E-state index contributed by atoms with van der Waals surface area (Å²) in [7, 11) is 0. The maximum atomic E-state index is 13.4. The van der Waals surface area contributed by atoms with Gasteiger partial charge in [-0.1, -0.05) is 44.9 Å². The van der Waals surface area contributed by atoms with Crippen molar-refractivity contribution in [3.63, 3.8) is 0 Å². The van der Waals surface area contributed by atoms with Crippen LogP contribution in [0.15, 0.2) is 0 Å². The van der Waals surface area contributed by atoms with Crippen molar-refractivity contribution in [1.29, 1.82) is 0 Å². The zero-order chi connectivity index (χ0) is 19.9. The number of amides is 3. The van der Waals surface area contributed by atoms with Gasteiger partial charge in [0.1, 0.15) is 0 Å². The predicted octanol–water partition coefficient (Wildman–Crippen LogP) is 2.98. The Bertz CT molecular complexity index is 544. The number of carbonyl (C=O) groups excluding carboxylic acids is 3. The smallest absolute Gasteiger partial charge is 0.246 e. The number of hydrogen-bond donors (Lipinski definition) is 1. The van der Waals surface area contributed by atoms with E-state index in [4.69, 9.17) is 0 Å². The average molecular weight is 394 g/mol. The fourth-order valence-corrected chi connectivity index (χ4v) is 5.16. The molecule has 0 unspecified atom stereocenters. The highest BCUT2D eigenvalue weighted by Crippen LogP contribution is 2.32. The van der Waals surface area contributed by atoms with Gasteiger partial charge in [-0.2, -0.15) is 0 Å². The molecule has 3 amide bonds. The van der Waals surface area contributed by atoms with Crippen LogP contribution in [-0.2, 0) is 14.4 Å². The molecular formula is C21H35N3O4. The van der Waals surface area contributed by atoms with E-state index in [2.05, 4.69) is 0 Å². The molecule has 1 atom stereocenters. The molecule has 1 N–H and O–H groups in total. The lowest BCUT2D eigenvalue weighted by Crippen LogP contribution is -2.57. The lowest BCUT2D eigenvalue weighted by Gasteiger charge is -2.42. The van der Waals surface area contributed by atoms with Crippen LogP contribution in [0.25, 0.3) is 0 Å². The molecule has 1 aliphatic heterocycles. The summed E-state index contributed by atoms with van der Waals surface area (Å²) in [6.45, 7) is 1.14. The Morgan fingerprint density at radius 2 is 1.54 bits per heavy atom. The molecule has 3 rings (SSSR count). The van der Waals surface area contributed by atoms with Crippen LogP contribution in [0.2, 0.25) is 0 Å². The fraction of sp³-hybridized carbons (Fsp3) is 0.857. The topological polar surface area (TPSA) is 81.2 Å². The van der Waals surface area contributed by atoms with Crippen LogP contribution in [0.1, 0.15) is 77.0 Å². The molecule has 3 fully saturated rings. The summed E-state index contributed by atoms with van der Waals surface area (Å²) < 4.78 is 0. The lowest BCUT2D eigenvalue weighted by atomic mass is 9.88. The number of carbonyl (C=O) groups is 3. The average Bonchev–Trinajstić information content (AvgIpc) is 3.26. The minimum atomic E-state index is -0.460. The van der Waals surface area contributed by atoms with E-state index in [-0.39, 0.29) is 24.3 Å². The Kier molecular flexibility index (Phi) is 7.71. The SMILES string of the molecule is O=CN(O)C[C@@H](CC1CCCC1)C(=O)N1CCCCN1C(=O)C1CCCCC1. The molecule has 1 saturated heterocycles. The molecule has 2 aliphatic carbocycles. The van der Waals surface area contributed by atoms with Crippen molar-refractivity contribution in [2.75, 3.05) is 19.6 Å². The number of hydrogen-bond acceptors (Lipinski definition) is 4. The van der Waals surface area contributed by atoms with Crippen LogP contribution in [-0.4, -0.2) is 58.1 Å². The van der Waals surface area contributed by atoms with Gasteiger partial charge in [-0.15, -0.1) is 0 Å². The standard InChI is InChI=1S/C21H35N3O4/c25-16-22(28)15-19(14-17-8-4-5-9-17)21(27)24-13-7-6-12-23(24)20(26)18-10-2-1-3-11-18/h16-19,28H,1-15H2/t19-/m1/s1. The molecule has 28 heavy (non-hydrogen) atoms. The summed E-state index contributed by atoms with van der Waals surface area (Å²) in [5, 5.41) is 13.6. The lowest BCUT2D eigenvalue weighted by molar-refractivity contribution is -0.178. The van der Waals surface area contributed by atoms with Crippen LogP contribution >= 0.6 is 0 Å². The molecule has 0 aromatic heterocycles. The quantitative estimate of drug-likeness (QED) is 0.410. The number of nitrogens with zero attached hydrogens (tertiary/aromatic N) is 3. The van der Waals surface area contributed by atoms with E-state index in [9.17, 15) is 19.6 Å². The molecule has 0 radical (unpaired) electrons. The van der Waals surface area contributed by atoms with Gasteiger partial charge in [0.05, 0.1) is 12.5 Å². The first-order valence-electron chi connectivity index (χ1n) is 11.1. The molecule has 0 aromatic rings. The Balaban J connectivity index is 1.71. The summed E-state index contributed by atoms with van der Waals surface area (Å²) in [6, 6.07) is 0. The zero-order valence-electron chi connectivity index (χ0n) is 16.9. The first kappa shape index (κ1) is 21.1. The van der Waals surface area contributed by atoms with Gasteiger partial charge >= 0.3 is 0 Å². The van der Waals surface area contributed by atoms with E-state index in [0.29, 0.717) is 36.9 Å². The number of hydrazine groups is 1. The molecule has 7 nitrogen and oxygen atoms in total. The number of rotatable bonds is 7. The van der Waals surface area contributed by atoms with Gasteiger partial charge in [0.2, 0.25) is 18.2 Å². The van der Waals surface area contributed by atoms with Crippen LogP contribution in [0.4, 0.5) is 0 Å². The maximum Gasteiger partial charge on any atom is 0.246 e. The van der Waals surface area contributed by atoms with Crippen molar-refractivity contribution in [2.24, 2.45) is 17.8 Å². The van der Waals surface area contributed by atoms with Gasteiger partial charge < -0.3 is 0 Å². The van der Waals surface area contributed by atoms with E-state index < -0.39 is 5.92 Å². The fourth-order valence-electron chi connectivity index (χ4n) is 5.16. The van der Waals surface area contributed by atoms with Crippen LogP contribution in [0, 0.1) is 17.8 Å². The second-order valence-electron chi connectivity index (χ2n) is 8.78. The van der Waals surface area contributed by atoms with Crippen molar-refractivity contribution >= 4 is 18.2 Å². The molecule has 1 heterocycles. The molecule has 3 aliphatic rings. The van der Waals surface area contributed by atoms with Crippen LogP contribution in [0.5, 0.6) is 0 Å². The van der Waals surface area contributed by atoms with E-state index in [0.717, 1.165) is 51.4 Å². The van der Waals surface area contributed by atoms with Gasteiger partial charge in [-0.05, 0) is 38.0 Å². The monoisotopic (exact) mass is 393 g/mol. The van der Waals surface area contributed by atoms with Gasteiger partial charge in [0, 0.05) is 19.0 Å². The van der Waals surface area contributed by atoms with E-state index in [1.54, 1.807) is 10.0 Å². The van der Waals surface area contributed by atoms with Crippen molar-refractivity contribution in [3.05, 3.63) is 0 Å². The second-order valence-corrected chi connectivity index (χ2v) is 8.78. The summed E-state index contributed by atoms with van der Waals surface area (Å²) >= 11 is 0. The van der Waals surface area contributed by atoms with E-state index in [1.165, 1.54) is 19.3 Å².